The highest BCUT2D eigenvalue weighted by Crippen LogP contribution is 2.16. The minimum Gasteiger partial charge on any atom is -0.391 e. The zero-order valence-electron chi connectivity index (χ0n) is 11.0. The zero-order valence-corrected chi connectivity index (χ0v) is 11.0. The molecule has 0 heterocycles. The van der Waals surface area contributed by atoms with Crippen LogP contribution in [0.3, 0.4) is 0 Å². The molecule has 2 nitrogen and oxygen atoms in total. The molecule has 0 radical (unpaired) electrons. The number of anilines is 1. The van der Waals surface area contributed by atoms with Crippen LogP contribution in [0.4, 0.5) is 5.69 Å². The number of benzene rings is 1. The van der Waals surface area contributed by atoms with Gasteiger partial charge in [-0.2, -0.15) is 0 Å². The molecule has 0 aromatic heterocycles. The second-order valence-electron chi connectivity index (χ2n) is 4.41. The van der Waals surface area contributed by atoms with Crippen LogP contribution in [0.25, 0.3) is 0 Å². The quantitative estimate of drug-likeness (QED) is 0.844. The highest BCUT2D eigenvalue weighted by Gasteiger charge is 2.00. The van der Waals surface area contributed by atoms with Crippen molar-refractivity contribution in [1.82, 2.24) is 5.32 Å². The van der Waals surface area contributed by atoms with E-state index in [-0.39, 0.29) is 0 Å². The lowest BCUT2D eigenvalue weighted by atomic mass is 10.0. The maximum atomic E-state index is 3.20. The van der Waals surface area contributed by atoms with Gasteiger partial charge in [0.15, 0.2) is 0 Å². The van der Waals surface area contributed by atoms with Crippen LogP contribution in [0.15, 0.2) is 59.8 Å². The SMILES string of the molecule is CNC1=CC=C(Cc2ccc(NC)cc2)C=CC1. The van der Waals surface area contributed by atoms with Crippen molar-refractivity contribution >= 4 is 5.69 Å². The van der Waals surface area contributed by atoms with E-state index in [1.165, 1.54) is 16.8 Å². The predicted octanol–water partition coefficient (Wildman–Crippen LogP) is 3.26. The summed E-state index contributed by atoms with van der Waals surface area (Å²) in [5.74, 6) is 0. The Morgan fingerprint density at radius 1 is 1.00 bits per heavy atom. The fraction of sp³-hybridized carbons (Fsp3) is 0.250. The molecule has 94 valence electrons. The summed E-state index contributed by atoms with van der Waals surface area (Å²) >= 11 is 0. The summed E-state index contributed by atoms with van der Waals surface area (Å²) in [5.41, 5.74) is 5.09. The monoisotopic (exact) mass is 240 g/mol. The molecule has 1 aromatic rings. The normalized spacial score (nSPS) is 14.6. The molecule has 0 amide bonds. The summed E-state index contributed by atoms with van der Waals surface area (Å²) in [6.45, 7) is 0. The van der Waals surface area contributed by atoms with E-state index in [1.807, 2.05) is 14.1 Å². The summed E-state index contributed by atoms with van der Waals surface area (Å²) in [6, 6.07) is 8.58. The molecule has 1 aromatic carbocycles. The van der Waals surface area contributed by atoms with Gasteiger partial charge in [-0.25, -0.2) is 0 Å². The van der Waals surface area contributed by atoms with Crippen molar-refractivity contribution in [3.63, 3.8) is 0 Å². The van der Waals surface area contributed by atoms with Crippen molar-refractivity contribution in [1.29, 1.82) is 0 Å². The van der Waals surface area contributed by atoms with Gasteiger partial charge in [0.2, 0.25) is 0 Å². The lowest BCUT2D eigenvalue weighted by Crippen LogP contribution is -2.03. The van der Waals surface area contributed by atoms with E-state index < -0.39 is 0 Å². The Balaban J connectivity index is 2.08. The highest BCUT2D eigenvalue weighted by molar-refractivity contribution is 5.45. The number of hydrogen-bond acceptors (Lipinski definition) is 2. The molecule has 0 saturated carbocycles. The molecule has 18 heavy (non-hydrogen) atoms. The van der Waals surface area contributed by atoms with Crippen molar-refractivity contribution in [2.24, 2.45) is 0 Å². The molecule has 0 bridgehead atoms. The molecule has 2 N–H and O–H groups in total. The van der Waals surface area contributed by atoms with Gasteiger partial charge in [-0.15, -0.1) is 0 Å². The first-order valence-electron chi connectivity index (χ1n) is 6.32. The molecule has 0 fully saturated rings. The van der Waals surface area contributed by atoms with Gasteiger partial charge in [0.1, 0.15) is 0 Å². The largest absolute Gasteiger partial charge is 0.391 e. The Morgan fingerprint density at radius 3 is 2.44 bits per heavy atom. The minimum atomic E-state index is 0.980. The third-order valence-electron chi connectivity index (χ3n) is 3.14. The van der Waals surface area contributed by atoms with Gasteiger partial charge in [-0.1, -0.05) is 30.4 Å². The van der Waals surface area contributed by atoms with Crippen LogP contribution in [0.1, 0.15) is 12.0 Å². The van der Waals surface area contributed by atoms with E-state index in [4.69, 9.17) is 0 Å². The lowest BCUT2D eigenvalue weighted by molar-refractivity contribution is 0.941. The Morgan fingerprint density at radius 2 is 1.78 bits per heavy atom. The Hall–Kier alpha value is -1.96. The van der Waals surface area contributed by atoms with E-state index in [0.29, 0.717) is 0 Å². The van der Waals surface area contributed by atoms with Crippen LogP contribution in [-0.2, 0) is 6.42 Å². The number of rotatable bonds is 4. The first-order chi connectivity index (χ1) is 8.81. The Labute approximate surface area is 109 Å². The van der Waals surface area contributed by atoms with Gasteiger partial charge in [-0.3, -0.25) is 0 Å². The summed E-state index contributed by atoms with van der Waals surface area (Å²) in [6.07, 6.45) is 10.7. The maximum absolute atomic E-state index is 3.20. The first kappa shape index (κ1) is 12.5. The van der Waals surface area contributed by atoms with Crippen LogP contribution in [-0.4, -0.2) is 14.1 Å². The smallest absolute Gasteiger partial charge is 0.0337 e. The van der Waals surface area contributed by atoms with Crippen LogP contribution in [0.2, 0.25) is 0 Å². The molecular weight excluding hydrogens is 220 g/mol. The summed E-state index contributed by atoms with van der Waals surface area (Å²) in [7, 11) is 3.91. The topological polar surface area (TPSA) is 24.1 Å². The van der Waals surface area contributed by atoms with Crippen LogP contribution >= 0.6 is 0 Å². The van der Waals surface area contributed by atoms with E-state index in [2.05, 4.69) is 59.2 Å². The lowest BCUT2D eigenvalue weighted by Gasteiger charge is -2.04. The fourth-order valence-corrected chi connectivity index (χ4v) is 2.00. The van der Waals surface area contributed by atoms with Crippen LogP contribution in [0.5, 0.6) is 0 Å². The van der Waals surface area contributed by atoms with Crippen LogP contribution < -0.4 is 10.6 Å². The molecule has 0 saturated heterocycles. The molecule has 1 aliphatic rings. The average Bonchev–Trinajstić information content (AvgIpc) is 2.65. The molecular formula is C16H20N2. The molecule has 0 unspecified atom stereocenters. The highest BCUT2D eigenvalue weighted by atomic mass is 14.8. The molecule has 0 spiro atoms. The zero-order chi connectivity index (χ0) is 12.8. The van der Waals surface area contributed by atoms with E-state index in [0.717, 1.165) is 18.5 Å². The third kappa shape index (κ3) is 3.27. The van der Waals surface area contributed by atoms with Crippen molar-refractivity contribution in [3.05, 3.63) is 65.4 Å². The predicted molar refractivity (Wildman–Crippen MR) is 78.7 cm³/mol. The van der Waals surface area contributed by atoms with Crippen molar-refractivity contribution < 1.29 is 0 Å². The third-order valence-corrected chi connectivity index (χ3v) is 3.14. The maximum Gasteiger partial charge on any atom is 0.0337 e. The summed E-state index contributed by atoms with van der Waals surface area (Å²) in [5, 5.41) is 6.34. The van der Waals surface area contributed by atoms with Gasteiger partial charge < -0.3 is 10.6 Å². The van der Waals surface area contributed by atoms with Gasteiger partial charge in [0.05, 0.1) is 0 Å². The van der Waals surface area contributed by atoms with Gasteiger partial charge >= 0.3 is 0 Å². The summed E-state index contributed by atoms with van der Waals surface area (Å²) < 4.78 is 0. The second kappa shape index (κ2) is 6.10. The fourth-order valence-electron chi connectivity index (χ4n) is 2.00. The van der Waals surface area contributed by atoms with Crippen molar-refractivity contribution in [2.75, 3.05) is 19.4 Å². The first-order valence-corrected chi connectivity index (χ1v) is 6.32. The molecule has 0 aliphatic heterocycles. The Kier molecular flexibility index (Phi) is 4.24. The standard InChI is InChI=1S/C16H20N2/c1-17-15-5-3-4-13(6-9-15)12-14-7-10-16(18-2)11-8-14/h3-4,6-11,17-18H,5,12H2,1-2H3. The summed E-state index contributed by atoms with van der Waals surface area (Å²) in [4.78, 5) is 0. The minimum absolute atomic E-state index is 0.980. The molecule has 1 aliphatic carbocycles. The van der Waals surface area contributed by atoms with Crippen molar-refractivity contribution in [2.45, 2.75) is 12.8 Å². The van der Waals surface area contributed by atoms with Crippen molar-refractivity contribution in [3.8, 4) is 0 Å². The average molecular weight is 240 g/mol. The van der Waals surface area contributed by atoms with E-state index in [9.17, 15) is 0 Å². The number of hydrogen-bond donors (Lipinski definition) is 2. The Bertz CT molecular complexity index is 478. The van der Waals surface area contributed by atoms with E-state index in [1.54, 1.807) is 0 Å². The molecule has 2 heteroatoms. The van der Waals surface area contributed by atoms with Gasteiger partial charge in [0.25, 0.3) is 0 Å². The van der Waals surface area contributed by atoms with Gasteiger partial charge in [0, 0.05) is 31.9 Å². The van der Waals surface area contributed by atoms with Gasteiger partial charge in [-0.05, 0) is 35.8 Å². The number of allylic oxidation sites excluding steroid dienone is 5. The van der Waals surface area contributed by atoms with E-state index >= 15 is 0 Å². The molecule has 2 rings (SSSR count). The molecule has 0 atom stereocenters. The second-order valence-corrected chi connectivity index (χ2v) is 4.41. The van der Waals surface area contributed by atoms with Crippen LogP contribution in [0, 0.1) is 0 Å². The number of nitrogens with one attached hydrogen (secondary N) is 2.